The lowest BCUT2D eigenvalue weighted by atomic mass is 10.3. The Kier molecular flexibility index (Phi) is 5.34. The van der Waals surface area contributed by atoms with Crippen molar-refractivity contribution in [2.24, 2.45) is 0 Å². The number of alkyl halides is 1. The largest absolute Gasteiger partial charge is 0.328 e. The van der Waals surface area contributed by atoms with Crippen LogP contribution in [0.1, 0.15) is 6.42 Å². The summed E-state index contributed by atoms with van der Waals surface area (Å²) < 4.78 is 25.9. The van der Waals surface area contributed by atoms with E-state index >= 15 is 0 Å². The SMILES string of the molecule is CN(CCCBr)C(=O)Nc1ccc(F)cc1F. The summed E-state index contributed by atoms with van der Waals surface area (Å²) in [6.45, 7) is 0.555. The zero-order valence-corrected chi connectivity index (χ0v) is 10.9. The number of rotatable bonds is 4. The van der Waals surface area contributed by atoms with Crippen molar-refractivity contribution in [3.05, 3.63) is 29.8 Å². The van der Waals surface area contributed by atoms with Crippen molar-refractivity contribution in [2.45, 2.75) is 6.42 Å². The second kappa shape index (κ2) is 6.54. The van der Waals surface area contributed by atoms with E-state index < -0.39 is 17.7 Å². The van der Waals surface area contributed by atoms with Gasteiger partial charge >= 0.3 is 6.03 Å². The average Bonchev–Trinajstić information content (AvgIpc) is 2.29. The van der Waals surface area contributed by atoms with Crippen LogP contribution in [0.3, 0.4) is 0 Å². The number of benzene rings is 1. The zero-order valence-electron chi connectivity index (χ0n) is 9.34. The van der Waals surface area contributed by atoms with Crippen molar-refractivity contribution >= 4 is 27.6 Å². The number of urea groups is 1. The maximum absolute atomic E-state index is 13.2. The first-order chi connectivity index (χ1) is 8.04. The molecule has 0 fully saturated rings. The van der Waals surface area contributed by atoms with Gasteiger partial charge in [0.1, 0.15) is 11.6 Å². The van der Waals surface area contributed by atoms with Crippen LogP contribution in [-0.4, -0.2) is 29.9 Å². The van der Waals surface area contributed by atoms with E-state index in [1.54, 1.807) is 7.05 Å². The molecule has 0 unspecified atom stereocenters. The van der Waals surface area contributed by atoms with E-state index in [2.05, 4.69) is 21.2 Å². The molecule has 0 aliphatic rings. The van der Waals surface area contributed by atoms with Gasteiger partial charge in [0.25, 0.3) is 0 Å². The van der Waals surface area contributed by atoms with Crippen LogP contribution in [-0.2, 0) is 0 Å². The van der Waals surface area contributed by atoms with Crippen molar-refractivity contribution in [3.8, 4) is 0 Å². The third-order valence-electron chi connectivity index (χ3n) is 2.15. The van der Waals surface area contributed by atoms with Crippen LogP contribution >= 0.6 is 15.9 Å². The predicted octanol–water partition coefficient (Wildman–Crippen LogP) is 3.21. The van der Waals surface area contributed by atoms with Gasteiger partial charge in [0.05, 0.1) is 5.69 Å². The molecular weight excluding hydrogens is 294 g/mol. The smallest absolute Gasteiger partial charge is 0.321 e. The zero-order chi connectivity index (χ0) is 12.8. The lowest BCUT2D eigenvalue weighted by Gasteiger charge is -2.17. The third kappa shape index (κ3) is 4.30. The second-order valence-electron chi connectivity index (χ2n) is 3.52. The van der Waals surface area contributed by atoms with Crippen molar-refractivity contribution in [1.29, 1.82) is 0 Å². The summed E-state index contributed by atoms with van der Waals surface area (Å²) >= 11 is 3.25. The molecule has 1 N–H and O–H groups in total. The van der Waals surface area contributed by atoms with Gasteiger partial charge in [-0.3, -0.25) is 0 Å². The fourth-order valence-electron chi connectivity index (χ4n) is 1.20. The molecule has 0 saturated heterocycles. The second-order valence-corrected chi connectivity index (χ2v) is 4.31. The molecular formula is C11H13BrF2N2O. The Morgan fingerprint density at radius 2 is 2.18 bits per heavy atom. The van der Waals surface area contributed by atoms with Gasteiger partial charge in [-0.1, -0.05) is 15.9 Å². The number of carbonyl (C=O) groups excluding carboxylic acids is 1. The minimum absolute atomic E-state index is 0.0258. The summed E-state index contributed by atoms with van der Waals surface area (Å²) in [5.41, 5.74) is -0.0258. The molecule has 0 aromatic heterocycles. The summed E-state index contributed by atoms with van der Waals surface area (Å²) in [4.78, 5) is 13.0. The fraction of sp³-hybridized carbons (Fsp3) is 0.364. The fourth-order valence-corrected chi connectivity index (χ4v) is 1.45. The number of carbonyl (C=O) groups is 1. The predicted molar refractivity (Wildman–Crippen MR) is 66.4 cm³/mol. The highest BCUT2D eigenvalue weighted by Gasteiger charge is 2.11. The Morgan fingerprint density at radius 1 is 1.47 bits per heavy atom. The first-order valence-corrected chi connectivity index (χ1v) is 6.20. The normalized spacial score (nSPS) is 10.1. The van der Waals surface area contributed by atoms with Crippen LogP contribution < -0.4 is 5.32 Å². The van der Waals surface area contributed by atoms with E-state index in [1.807, 2.05) is 0 Å². The molecule has 0 bridgehead atoms. The molecule has 17 heavy (non-hydrogen) atoms. The first kappa shape index (κ1) is 13.9. The Hall–Kier alpha value is -1.17. The van der Waals surface area contributed by atoms with Crippen LogP contribution in [0.5, 0.6) is 0 Å². The molecule has 0 saturated carbocycles. The molecule has 1 aromatic carbocycles. The number of amides is 2. The number of halogens is 3. The Balaban J connectivity index is 2.61. The molecule has 0 aliphatic carbocycles. The summed E-state index contributed by atoms with van der Waals surface area (Å²) in [5, 5.41) is 3.16. The van der Waals surface area contributed by atoms with Crippen molar-refractivity contribution < 1.29 is 13.6 Å². The maximum Gasteiger partial charge on any atom is 0.321 e. The summed E-state index contributed by atoms with van der Waals surface area (Å²) in [7, 11) is 1.61. The average molecular weight is 307 g/mol. The van der Waals surface area contributed by atoms with Gasteiger partial charge in [-0.2, -0.15) is 0 Å². The van der Waals surface area contributed by atoms with Crippen LogP contribution in [0.25, 0.3) is 0 Å². The van der Waals surface area contributed by atoms with Gasteiger partial charge in [0.2, 0.25) is 0 Å². The van der Waals surface area contributed by atoms with Crippen molar-refractivity contribution in [3.63, 3.8) is 0 Å². The van der Waals surface area contributed by atoms with Gasteiger partial charge < -0.3 is 10.2 Å². The van der Waals surface area contributed by atoms with E-state index in [-0.39, 0.29) is 5.69 Å². The number of hydrogen-bond acceptors (Lipinski definition) is 1. The highest BCUT2D eigenvalue weighted by Crippen LogP contribution is 2.15. The molecule has 0 spiro atoms. The van der Waals surface area contributed by atoms with E-state index in [0.717, 1.165) is 23.9 Å². The molecule has 2 amide bonds. The Morgan fingerprint density at radius 3 is 2.76 bits per heavy atom. The van der Waals surface area contributed by atoms with Crippen molar-refractivity contribution in [1.82, 2.24) is 4.90 Å². The van der Waals surface area contributed by atoms with Crippen LogP contribution in [0, 0.1) is 11.6 Å². The highest BCUT2D eigenvalue weighted by atomic mass is 79.9. The molecule has 0 radical (unpaired) electrons. The van der Waals surface area contributed by atoms with Gasteiger partial charge in [-0.15, -0.1) is 0 Å². The summed E-state index contributed by atoms with van der Waals surface area (Å²) in [6, 6.07) is 2.60. The minimum Gasteiger partial charge on any atom is -0.328 e. The summed E-state index contributed by atoms with van der Waals surface area (Å²) in [6.07, 6.45) is 0.801. The third-order valence-corrected chi connectivity index (χ3v) is 2.71. The van der Waals surface area contributed by atoms with Crippen molar-refractivity contribution in [2.75, 3.05) is 24.2 Å². The lowest BCUT2D eigenvalue weighted by molar-refractivity contribution is 0.222. The molecule has 1 aromatic rings. The van der Waals surface area contributed by atoms with E-state index in [4.69, 9.17) is 0 Å². The van der Waals surface area contributed by atoms with Gasteiger partial charge in [0, 0.05) is 25.0 Å². The topological polar surface area (TPSA) is 32.3 Å². The van der Waals surface area contributed by atoms with E-state index in [0.29, 0.717) is 6.54 Å². The molecule has 1 rings (SSSR count). The van der Waals surface area contributed by atoms with Gasteiger partial charge in [-0.05, 0) is 18.6 Å². The number of hydrogen-bond donors (Lipinski definition) is 1. The van der Waals surface area contributed by atoms with Crippen LogP contribution in [0.15, 0.2) is 18.2 Å². The van der Waals surface area contributed by atoms with Crippen LogP contribution in [0.4, 0.5) is 19.3 Å². The number of nitrogens with one attached hydrogen (secondary N) is 1. The van der Waals surface area contributed by atoms with E-state index in [9.17, 15) is 13.6 Å². The monoisotopic (exact) mass is 306 g/mol. The van der Waals surface area contributed by atoms with Gasteiger partial charge in [-0.25, -0.2) is 13.6 Å². The highest BCUT2D eigenvalue weighted by molar-refractivity contribution is 9.09. The molecule has 6 heteroatoms. The maximum atomic E-state index is 13.2. The molecule has 0 aliphatic heterocycles. The quantitative estimate of drug-likeness (QED) is 0.851. The first-order valence-electron chi connectivity index (χ1n) is 5.07. The molecule has 94 valence electrons. The Labute approximate surface area is 107 Å². The Bertz CT molecular complexity index is 401. The molecule has 0 atom stereocenters. The minimum atomic E-state index is -0.785. The molecule has 3 nitrogen and oxygen atoms in total. The van der Waals surface area contributed by atoms with Crippen LogP contribution in [0.2, 0.25) is 0 Å². The lowest BCUT2D eigenvalue weighted by Crippen LogP contribution is -2.32. The number of nitrogens with zero attached hydrogens (tertiary/aromatic N) is 1. The summed E-state index contributed by atoms with van der Waals surface area (Å²) in [5.74, 6) is -1.46. The molecule has 0 heterocycles. The van der Waals surface area contributed by atoms with E-state index in [1.165, 1.54) is 11.0 Å². The standard InChI is InChI=1S/C11H13BrF2N2O/c1-16(6-2-5-12)11(17)15-10-4-3-8(13)7-9(10)14/h3-4,7H,2,5-6H2,1H3,(H,15,17). The number of anilines is 1. The van der Waals surface area contributed by atoms with Gasteiger partial charge in [0.15, 0.2) is 0 Å².